The number of hydrogen-bond donors (Lipinski definition) is 2. The van der Waals surface area contributed by atoms with Gasteiger partial charge in [-0.15, -0.1) is 0 Å². The van der Waals surface area contributed by atoms with Crippen molar-refractivity contribution in [3.8, 4) is 0 Å². The molecule has 1 heterocycles. The Bertz CT molecular complexity index is 467. The lowest BCUT2D eigenvalue weighted by atomic mass is 10.1. The summed E-state index contributed by atoms with van der Waals surface area (Å²) in [6.07, 6.45) is -2.15. The number of nitrogens with one attached hydrogen (secondary N) is 1. The molecule has 1 fully saturated rings. The molecule has 0 aliphatic heterocycles. The number of carbonyl (C=O) groups excluding carboxylic acids is 1. The predicted octanol–water partition coefficient (Wildman–Crippen LogP) is 1.60. The number of alkyl halides is 3. The Morgan fingerprint density at radius 2 is 2.11 bits per heavy atom. The molecule has 7 heteroatoms. The van der Waals surface area contributed by atoms with E-state index >= 15 is 0 Å². The summed E-state index contributed by atoms with van der Waals surface area (Å²) in [5.74, 6) is -0.534. The van der Waals surface area contributed by atoms with Crippen LogP contribution in [0.1, 0.15) is 28.9 Å². The zero-order chi connectivity index (χ0) is 14.1. The number of rotatable bonds is 4. The Morgan fingerprint density at radius 1 is 1.42 bits per heavy atom. The smallest absolute Gasteiger partial charge is 0.396 e. The van der Waals surface area contributed by atoms with Crippen LogP contribution >= 0.6 is 0 Å². The van der Waals surface area contributed by atoms with Gasteiger partial charge in [0, 0.05) is 18.2 Å². The molecule has 2 N–H and O–H groups in total. The molecule has 0 aromatic carbocycles. The number of amides is 1. The maximum atomic E-state index is 12.3. The van der Waals surface area contributed by atoms with E-state index in [1.54, 1.807) is 0 Å². The molecule has 0 unspecified atom stereocenters. The topological polar surface area (TPSA) is 62.2 Å². The highest BCUT2D eigenvalue weighted by atomic mass is 19.4. The van der Waals surface area contributed by atoms with Gasteiger partial charge in [-0.05, 0) is 25.0 Å². The first-order valence-corrected chi connectivity index (χ1v) is 5.79. The predicted molar refractivity (Wildman–Crippen MR) is 60.3 cm³/mol. The van der Waals surface area contributed by atoms with Gasteiger partial charge in [-0.2, -0.15) is 13.2 Å². The second-order valence-electron chi connectivity index (χ2n) is 4.77. The van der Waals surface area contributed by atoms with Gasteiger partial charge in [0.2, 0.25) is 0 Å². The molecular formula is C12H13F3N2O2. The van der Waals surface area contributed by atoms with Crippen molar-refractivity contribution in [2.75, 3.05) is 13.2 Å². The van der Waals surface area contributed by atoms with Crippen LogP contribution in [0.15, 0.2) is 18.3 Å². The maximum Gasteiger partial charge on any atom is 0.417 e. The third-order valence-electron chi connectivity index (χ3n) is 3.24. The Kier molecular flexibility index (Phi) is 3.49. The Morgan fingerprint density at radius 3 is 2.53 bits per heavy atom. The highest BCUT2D eigenvalue weighted by Crippen LogP contribution is 2.44. The molecule has 1 aliphatic rings. The van der Waals surface area contributed by atoms with E-state index in [9.17, 15) is 18.0 Å². The molecular weight excluding hydrogens is 261 g/mol. The summed E-state index contributed by atoms with van der Waals surface area (Å²) in [5, 5.41) is 11.6. The monoisotopic (exact) mass is 274 g/mol. The number of hydrogen-bond acceptors (Lipinski definition) is 3. The summed E-state index contributed by atoms with van der Waals surface area (Å²) in [7, 11) is 0. The molecule has 1 saturated carbocycles. The van der Waals surface area contributed by atoms with Gasteiger partial charge in [0.15, 0.2) is 0 Å². The van der Waals surface area contributed by atoms with Crippen molar-refractivity contribution in [3.05, 3.63) is 29.6 Å². The second-order valence-corrected chi connectivity index (χ2v) is 4.77. The van der Waals surface area contributed by atoms with Crippen LogP contribution in [0.4, 0.5) is 13.2 Å². The minimum absolute atomic E-state index is 0.00623. The number of halogens is 3. The van der Waals surface area contributed by atoms with E-state index in [4.69, 9.17) is 5.11 Å². The third kappa shape index (κ3) is 3.23. The zero-order valence-electron chi connectivity index (χ0n) is 10.00. The van der Waals surface area contributed by atoms with E-state index in [1.165, 1.54) is 0 Å². The standard InChI is InChI=1S/C12H13F3N2O2/c13-12(14,15)8-1-2-9(16-5-8)10(19)17-6-11(7-18)3-4-11/h1-2,5,18H,3-4,6-7H2,(H,17,19). The molecule has 0 atom stereocenters. The highest BCUT2D eigenvalue weighted by molar-refractivity contribution is 5.92. The average molecular weight is 274 g/mol. The van der Waals surface area contributed by atoms with Gasteiger partial charge >= 0.3 is 6.18 Å². The lowest BCUT2D eigenvalue weighted by molar-refractivity contribution is -0.137. The molecule has 2 rings (SSSR count). The Hall–Kier alpha value is -1.63. The van der Waals surface area contributed by atoms with Gasteiger partial charge in [0.25, 0.3) is 5.91 Å². The molecule has 19 heavy (non-hydrogen) atoms. The minimum Gasteiger partial charge on any atom is -0.396 e. The number of aliphatic hydroxyl groups is 1. The van der Waals surface area contributed by atoms with Gasteiger partial charge < -0.3 is 10.4 Å². The van der Waals surface area contributed by atoms with Crippen LogP contribution in [-0.4, -0.2) is 29.1 Å². The van der Waals surface area contributed by atoms with Crippen molar-refractivity contribution in [3.63, 3.8) is 0 Å². The van der Waals surface area contributed by atoms with E-state index in [-0.39, 0.29) is 17.7 Å². The number of pyridine rings is 1. The minimum atomic E-state index is -4.46. The fourth-order valence-corrected chi connectivity index (χ4v) is 1.62. The fourth-order valence-electron chi connectivity index (χ4n) is 1.62. The summed E-state index contributed by atoms with van der Waals surface area (Å²) < 4.78 is 36.9. The van der Waals surface area contributed by atoms with Crippen LogP contribution < -0.4 is 5.32 Å². The number of carbonyl (C=O) groups is 1. The van der Waals surface area contributed by atoms with E-state index in [1.807, 2.05) is 0 Å². The van der Waals surface area contributed by atoms with Crippen molar-refractivity contribution >= 4 is 5.91 Å². The maximum absolute atomic E-state index is 12.3. The zero-order valence-corrected chi connectivity index (χ0v) is 10.00. The van der Waals surface area contributed by atoms with Gasteiger partial charge in [-0.25, -0.2) is 0 Å². The molecule has 104 valence electrons. The van der Waals surface area contributed by atoms with E-state index < -0.39 is 17.6 Å². The van der Waals surface area contributed by atoms with Crippen LogP contribution in [0.3, 0.4) is 0 Å². The molecule has 0 radical (unpaired) electrons. The third-order valence-corrected chi connectivity index (χ3v) is 3.24. The van der Waals surface area contributed by atoms with Crippen molar-refractivity contribution in [2.45, 2.75) is 19.0 Å². The first-order valence-electron chi connectivity index (χ1n) is 5.79. The highest BCUT2D eigenvalue weighted by Gasteiger charge is 2.42. The Labute approximate surface area is 107 Å². The molecule has 1 amide bonds. The van der Waals surface area contributed by atoms with Crippen molar-refractivity contribution in [1.82, 2.24) is 10.3 Å². The van der Waals surface area contributed by atoms with Gasteiger partial charge in [0.05, 0.1) is 12.2 Å². The normalized spacial score (nSPS) is 17.1. The second kappa shape index (κ2) is 4.80. The summed E-state index contributed by atoms with van der Waals surface area (Å²) in [5.41, 5.74) is -1.21. The molecule has 1 aromatic heterocycles. The van der Waals surface area contributed by atoms with Crippen LogP contribution in [0.2, 0.25) is 0 Å². The molecule has 0 spiro atoms. The van der Waals surface area contributed by atoms with Crippen molar-refractivity contribution in [1.29, 1.82) is 0 Å². The van der Waals surface area contributed by atoms with Crippen LogP contribution in [0.5, 0.6) is 0 Å². The van der Waals surface area contributed by atoms with Gasteiger partial charge in [-0.3, -0.25) is 9.78 Å². The number of aromatic nitrogens is 1. The first-order chi connectivity index (χ1) is 8.86. The summed E-state index contributed by atoms with van der Waals surface area (Å²) >= 11 is 0. The van der Waals surface area contributed by atoms with Crippen LogP contribution in [0.25, 0.3) is 0 Å². The quantitative estimate of drug-likeness (QED) is 0.876. The summed E-state index contributed by atoms with van der Waals surface area (Å²) in [4.78, 5) is 15.2. The summed E-state index contributed by atoms with van der Waals surface area (Å²) in [6, 6.07) is 1.86. The molecule has 4 nitrogen and oxygen atoms in total. The lowest BCUT2D eigenvalue weighted by Crippen LogP contribution is -2.32. The van der Waals surface area contributed by atoms with E-state index in [0.29, 0.717) is 12.7 Å². The summed E-state index contributed by atoms with van der Waals surface area (Å²) in [6.45, 7) is 0.304. The van der Waals surface area contributed by atoms with E-state index in [0.717, 1.165) is 25.0 Å². The Balaban J connectivity index is 1.96. The van der Waals surface area contributed by atoms with Crippen molar-refractivity contribution in [2.24, 2.45) is 5.41 Å². The van der Waals surface area contributed by atoms with Gasteiger partial charge in [-0.1, -0.05) is 0 Å². The van der Waals surface area contributed by atoms with Crippen LogP contribution in [0, 0.1) is 5.41 Å². The molecule has 0 bridgehead atoms. The molecule has 1 aromatic rings. The lowest BCUT2D eigenvalue weighted by Gasteiger charge is -2.12. The van der Waals surface area contributed by atoms with E-state index in [2.05, 4.69) is 10.3 Å². The van der Waals surface area contributed by atoms with Crippen LogP contribution in [-0.2, 0) is 6.18 Å². The average Bonchev–Trinajstić information content (AvgIpc) is 3.16. The number of nitrogens with zero attached hydrogens (tertiary/aromatic N) is 1. The largest absolute Gasteiger partial charge is 0.417 e. The van der Waals surface area contributed by atoms with Gasteiger partial charge in [0.1, 0.15) is 5.69 Å². The first kappa shape index (κ1) is 13.8. The molecule has 0 saturated heterocycles. The van der Waals surface area contributed by atoms with Crippen molar-refractivity contribution < 1.29 is 23.1 Å². The fraction of sp³-hybridized carbons (Fsp3) is 0.500. The SMILES string of the molecule is O=C(NCC1(CO)CC1)c1ccc(C(F)(F)F)cn1. The number of aliphatic hydroxyl groups excluding tert-OH is 1. The molecule has 1 aliphatic carbocycles.